The van der Waals surface area contributed by atoms with E-state index in [1.54, 1.807) is 0 Å². The lowest BCUT2D eigenvalue weighted by atomic mass is 9.91. The first-order valence-corrected chi connectivity index (χ1v) is 14.4. The summed E-state index contributed by atoms with van der Waals surface area (Å²) in [6.45, 7) is 13.5. The number of unbranched alkanes of at least 4 members (excludes halogenated alkanes) is 5. The predicted molar refractivity (Wildman–Crippen MR) is 132 cm³/mol. The largest absolute Gasteiger partial charge is 0.404 e. The summed E-state index contributed by atoms with van der Waals surface area (Å²) < 4.78 is 7.06. The Balaban J connectivity index is 3.10. The fourth-order valence-electron chi connectivity index (χ4n) is 4.09. The predicted octanol–water partition coefficient (Wildman–Crippen LogP) is 8.54. The van der Waals surface area contributed by atoms with Crippen molar-refractivity contribution in [3.05, 3.63) is 47.0 Å². The number of terminal acetylenes is 1. The standard InChI is InChI=1S/C27H44OSi/c1-8-13-14-15-16-17-18-25(9-2)23-27(7,26-21-19-24(6)20-22-26)28-29(10-3,11-4)12-5/h2,19-23H,8,10-18H2,1,3-7H3/b25-23+. The van der Waals surface area contributed by atoms with E-state index in [9.17, 15) is 0 Å². The van der Waals surface area contributed by atoms with Crippen molar-refractivity contribution < 1.29 is 4.43 Å². The molecule has 29 heavy (non-hydrogen) atoms. The van der Waals surface area contributed by atoms with Crippen LogP contribution in [-0.4, -0.2) is 8.32 Å². The number of hydrogen-bond donors (Lipinski definition) is 0. The molecule has 0 aliphatic carbocycles. The fraction of sp³-hybridized carbons (Fsp3) is 0.630. The second kappa shape index (κ2) is 13.1. The Hall–Kier alpha value is -1.30. The zero-order valence-electron chi connectivity index (χ0n) is 19.9. The van der Waals surface area contributed by atoms with Crippen LogP contribution >= 0.6 is 0 Å². The lowest BCUT2D eigenvalue weighted by Gasteiger charge is -2.39. The number of hydrogen-bond acceptors (Lipinski definition) is 1. The van der Waals surface area contributed by atoms with E-state index in [0.29, 0.717) is 0 Å². The van der Waals surface area contributed by atoms with Crippen LogP contribution in [0.5, 0.6) is 0 Å². The van der Waals surface area contributed by atoms with E-state index in [0.717, 1.165) is 30.1 Å². The van der Waals surface area contributed by atoms with Gasteiger partial charge in [-0.3, -0.25) is 0 Å². The van der Waals surface area contributed by atoms with Crippen molar-refractivity contribution in [2.24, 2.45) is 0 Å². The third-order valence-corrected chi connectivity index (χ3v) is 11.1. The van der Waals surface area contributed by atoms with Crippen LogP contribution in [0, 0.1) is 19.3 Å². The van der Waals surface area contributed by atoms with Crippen LogP contribution in [0.1, 0.15) is 90.7 Å². The molecule has 0 aromatic heterocycles. The summed E-state index contributed by atoms with van der Waals surface area (Å²) in [5.41, 5.74) is 3.13. The number of allylic oxidation sites excluding steroid dienone is 1. The van der Waals surface area contributed by atoms with Crippen molar-refractivity contribution in [1.82, 2.24) is 0 Å². The molecule has 0 saturated heterocycles. The van der Waals surface area contributed by atoms with Crippen LogP contribution in [0.4, 0.5) is 0 Å². The van der Waals surface area contributed by atoms with Gasteiger partial charge in [-0.05, 0) is 56.5 Å². The fourth-order valence-corrected chi connectivity index (χ4v) is 7.10. The van der Waals surface area contributed by atoms with Gasteiger partial charge in [0.2, 0.25) is 0 Å². The van der Waals surface area contributed by atoms with Gasteiger partial charge in [0.1, 0.15) is 0 Å². The molecule has 0 spiro atoms. The van der Waals surface area contributed by atoms with Crippen molar-refractivity contribution >= 4 is 8.32 Å². The molecule has 1 aromatic carbocycles. The first-order valence-electron chi connectivity index (χ1n) is 11.8. The summed E-state index contributed by atoms with van der Waals surface area (Å²) >= 11 is 0. The molecule has 0 saturated carbocycles. The second-order valence-electron chi connectivity index (χ2n) is 8.65. The SMILES string of the molecule is C#C/C(=C\C(C)(O[Si](CC)(CC)CC)c1ccc(C)cc1)CCCCCCCC. The number of rotatable bonds is 14. The van der Waals surface area contributed by atoms with Gasteiger partial charge < -0.3 is 4.43 Å². The zero-order valence-corrected chi connectivity index (χ0v) is 20.9. The first kappa shape index (κ1) is 25.7. The van der Waals surface area contributed by atoms with E-state index in [2.05, 4.69) is 77.8 Å². The van der Waals surface area contributed by atoms with E-state index < -0.39 is 13.9 Å². The molecule has 1 nitrogen and oxygen atoms in total. The van der Waals surface area contributed by atoms with Crippen molar-refractivity contribution in [3.63, 3.8) is 0 Å². The van der Waals surface area contributed by atoms with Gasteiger partial charge in [-0.25, -0.2) is 0 Å². The molecule has 0 radical (unpaired) electrons. The van der Waals surface area contributed by atoms with Crippen molar-refractivity contribution in [3.8, 4) is 12.3 Å². The van der Waals surface area contributed by atoms with E-state index in [1.807, 2.05) is 0 Å². The minimum absolute atomic E-state index is 0.453. The lowest BCUT2D eigenvalue weighted by Crippen LogP contribution is -2.43. The van der Waals surface area contributed by atoms with Crippen LogP contribution < -0.4 is 0 Å². The molecule has 1 unspecified atom stereocenters. The highest BCUT2D eigenvalue weighted by molar-refractivity contribution is 6.73. The Morgan fingerprint density at radius 2 is 1.52 bits per heavy atom. The molecule has 0 aliphatic rings. The smallest absolute Gasteiger partial charge is 0.193 e. The van der Waals surface area contributed by atoms with E-state index in [1.165, 1.54) is 49.7 Å². The summed E-state index contributed by atoms with van der Waals surface area (Å²) in [7, 11) is -1.80. The van der Waals surface area contributed by atoms with Gasteiger partial charge in [0.25, 0.3) is 0 Å². The Kier molecular flexibility index (Phi) is 11.6. The third kappa shape index (κ3) is 8.15. The molecular formula is C27H44OSi. The van der Waals surface area contributed by atoms with Gasteiger partial charge in [0.15, 0.2) is 8.32 Å². The Bertz CT molecular complexity index is 640. The molecule has 1 aromatic rings. The highest BCUT2D eigenvalue weighted by Gasteiger charge is 2.38. The molecule has 0 fully saturated rings. The van der Waals surface area contributed by atoms with Crippen molar-refractivity contribution in [1.29, 1.82) is 0 Å². The van der Waals surface area contributed by atoms with Gasteiger partial charge in [-0.2, -0.15) is 0 Å². The number of aryl methyl sites for hydroxylation is 1. The highest BCUT2D eigenvalue weighted by Crippen LogP contribution is 2.37. The topological polar surface area (TPSA) is 9.23 Å². The van der Waals surface area contributed by atoms with Crippen molar-refractivity contribution in [2.75, 3.05) is 0 Å². The molecule has 1 rings (SSSR count). The van der Waals surface area contributed by atoms with Gasteiger partial charge in [0, 0.05) is 5.57 Å². The Morgan fingerprint density at radius 1 is 0.966 bits per heavy atom. The van der Waals surface area contributed by atoms with Crippen LogP contribution in [-0.2, 0) is 10.0 Å². The Morgan fingerprint density at radius 3 is 2.03 bits per heavy atom. The van der Waals surface area contributed by atoms with E-state index in [-0.39, 0.29) is 0 Å². The summed E-state index contributed by atoms with van der Waals surface area (Å²) in [6.07, 6.45) is 16.9. The maximum atomic E-state index is 7.06. The van der Waals surface area contributed by atoms with Crippen molar-refractivity contribution in [2.45, 2.75) is 110 Å². The number of benzene rings is 1. The minimum Gasteiger partial charge on any atom is -0.404 e. The van der Waals surface area contributed by atoms with Gasteiger partial charge in [-0.15, -0.1) is 6.42 Å². The van der Waals surface area contributed by atoms with Crippen LogP contribution in [0.25, 0.3) is 0 Å². The molecule has 0 N–H and O–H groups in total. The Labute approximate surface area is 182 Å². The zero-order chi connectivity index (χ0) is 21.8. The van der Waals surface area contributed by atoms with Crippen LogP contribution in [0.2, 0.25) is 18.1 Å². The molecule has 162 valence electrons. The third-order valence-electron chi connectivity index (χ3n) is 6.42. The van der Waals surface area contributed by atoms with Crippen LogP contribution in [0.3, 0.4) is 0 Å². The summed E-state index contributed by atoms with van der Waals surface area (Å²) in [4.78, 5) is 0. The average Bonchev–Trinajstić information content (AvgIpc) is 2.74. The monoisotopic (exact) mass is 412 g/mol. The molecule has 0 bridgehead atoms. The molecular weight excluding hydrogens is 368 g/mol. The molecule has 0 heterocycles. The van der Waals surface area contributed by atoms with E-state index in [4.69, 9.17) is 10.8 Å². The van der Waals surface area contributed by atoms with Gasteiger partial charge in [-0.1, -0.05) is 95.5 Å². The average molecular weight is 413 g/mol. The first-order chi connectivity index (χ1) is 13.9. The maximum absolute atomic E-state index is 7.06. The summed E-state index contributed by atoms with van der Waals surface area (Å²) in [5.74, 6) is 2.98. The summed E-state index contributed by atoms with van der Waals surface area (Å²) in [5, 5.41) is 0. The lowest BCUT2D eigenvalue weighted by molar-refractivity contribution is 0.125. The summed E-state index contributed by atoms with van der Waals surface area (Å²) in [6, 6.07) is 12.2. The molecule has 0 amide bonds. The minimum atomic E-state index is -1.80. The van der Waals surface area contributed by atoms with E-state index >= 15 is 0 Å². The van der Waals surface area contributed by atoms with Gasteiger partial charge >= 0.3 is 0 Å². The quantitative estimate of drug-likeness (QED) is 0.169. The second-order valence-corrected chi connectivity index (χ2v) is 13.3. The molecule has 1 atom stereocenters. The molecule has 0 aliphatic heterocycles. The molecule has 2 heteroatoms. The maximum Gasteiger partial charge on any atom is 0.193 e. The van der Waals surface area contributed by atoms with Crippen LogP contribution in [0.15, 0.2) is 35.9 Å². The normalized spacial score (nSPS) is 14.4. The van der Waals surface area contributed by atoms with Gasteiger partial charge in [0.05, 0.1) is 5.60 Å². The highest BCUT2D eigenvalue weighted by atomic mass is 28.4.